The Morgan fingerprint density at radius 3 is 2.17 bits per heavy atom. The molecule has 5 nitrogen and oxygen atoms in total. The molecule has 0 bridgehead atoms. The Bertz CT molecular complexity index is 722. The molecule has 0 radical (unpaired) electrons. The molecule has 7 heteroatoms. The lowest BCUT2D eigenvalue weighted by molar-refractivity contribution is -0.862. The molecule has 0 heterocycles. The van der Waals surface area contributed by atoms with Gasteiger partial charge in [-0.05, 0) is 42.5 Å². The Hall–Kier alpha value is -2.25. The van der Waals surface area contributed by atoms with Gasteiger partial charge in [-0.1, -0.05) is 22.0 Å². The molecule has 2 amide bonds. The quantitative estimate of drug-likeness (QED) is 0.697. The van der Waals surface area contributed by atoms with Crippen LogP contribution in [-0.2, 0) is 9.59 Å². The van der Waals surface area contributed by atoms with Crippen LogP contribution < -0.4 is 15.5 Å². The highest BCUT2D eigenvalue weighted by molar-refractivity contribution is 9.10. The highest BCUT2D eigenvalue weighted by Gasteiger charge is 2.14. The van der Waals surface area contributed by atoms with Crippen molar-refractivity contribution in [2.75, 3.05) is 30.8 Å². The molecule has 2 aromatic carbocycles. The minimum Gasteiger partial charge on any atom is -0.322 e. The van der Waals surface area contributed by atoms with E-state index in [4.69, 9.17) is 0 Å². The van der Waals surface area contributed by atoms with E-state index in [9.17, 15) is 14.0 Å². The van der Waals surface area contributed by atoms with Gasteiger partial charge in [0.05, 0.1) is 7.05 Å². The van der Waals surface area contributed by atoms with Gasteiger partial charge in [0.1, 0.15) is 5.82 Å². The maximum absolute atomic E-state index is 13.1. The molecule has 0 saturated heterocycles. The normalized spacial score (nSPS) is 11.6. The number of nitrogens with one attached hydrogen (secondary N) is 3. The van der Waals surface area contributed by atoms with Gasteiger partial charge in [-0.2, -0.15) is 0 Å². The van der Waals surface area contributed by atoms with E-state index in [0.717, 1.165) is 9.37 Å². The molecular weight excluding hydrogens is 377 g/mol. The Balaban J connectivity index is 1.79. The fraction of sp³-hybridized carbons (Fsp3) is 0.176. The molecule has 0 aliphatic heterocycles. The van der Waals surface area contributed by atoms with Gasteiger partial charge in [-0.25, -0.2) is 4.39 Å². The number of anilines is 2. The lowest BCUT2D eigenvalue weighted by Gasteiger charge is -2.14. The minimum absolute atomic E-state index is 0.101. The number of amides is 2. The second kappa shape index (κ2) is 8.56. The van der Waals surface area contributed by atoms with Crippen molar-refractivity contribution in [1.82, 2.24) is 0 Å². The molecular formula is C17H18BrFN3O2+. The Morgan fingerprint density at radius 1 is 1.00 bits per heavy atom. The first-order valence-electron chi connectivity index (χ1n) is 7.34. The van der Waals surface area contributed by atoms with Crippen LogP contribution in [0.1, 0.15) is 0 Å². The van der Waals surface area contributed by atoms with Gasteiger partial charge >= 0.3 is 0 Å². The van der Waals surface area contributed by atoms with E-state index in [0.29, 0.717) is 11.4 Å². The first-order chi connectivity index (χ1) is 11.4. The highest BCUT2D eigenvalue weighted by Crippen LogP contribution is 2.13. The molecule has 24 heavy (non-hydrogen) atoms. The SMILES string of the molecule is C[NH+](CC(=O)Nc1ccc(Br)cc1)CC(=O)Nc1cccc(F)c1. The van der Waals surface area contributed by atoms with Crippen LogP contribution in [-0.4, -0.2) is 32.0 Å². The third-order valence-corrected chi connectivity index (χ3v) is 3.69. The summed E-state index contributed by atoms with van der Waals surface area (Å²) in [5.41, 5.74) is 1.09. The predicted octanol–water partition coefficient (Wildman–Crippen LogP) is 1.68. The molecule has 2 rings (SSSR count). The molecule has 126 valence electrons. The summed E-state index contributed by atoms with van der Waals surface area (Å²) in [6.45, 7) is 0.247. The minimum atomic E-state index is -0.414. The number of hydrogen-bond acceptors (Lipinski definition) is 2. The molecule has 0 saturated carbocycles. The third kappa shape index (κ3) is 6.10. The molecule has 0 fully saturated rings. The number of halogens is 2. The van der Waals surface area contributed by atoms with Crippen LogP contribution in [0.2, 0.25) is 0 Å². The summed E-state index contributed by atoms with van der Waals surface area (Å²) in [5, 5.41) is 5.37. The summed E-state index contributed by atoms with van der Waals surface area (Å²) in [6, 6.07) is 12.9. The van der Waals surface area contributed by atoms with E-state index in [1.165, 1.54) is 18.2 Å². The summed E-state index contributed by atoms with van der Waals surface area (Å²) >= 11 is 3.33. The van der Waals surface area contributed by atoms with E-state index < -0.39 is 5.82 Å². The van der Waals surface area contributed by atoms with Crippen molar-refractivity contribution in [2.45, 2.75) is 0 Å². The van der Waals surface area contributed by atoms with Gasteiger partial charge in [0, 0.05) is 15.8 Å². The van der Waals surface area contributed by atoms with Crippen LogP contribution >= 0.6 is 15.9 Å². The average Bonchev–Trinajstić information content (AvgIpc) is 2.49. The van der Waals surface area contributed by atoms with E-state index >= 15 is 0 Å². The first kappa shape index (κ1) is 18.1. The Kier molecular flexibility index (Phi) is 6.45. The number of likely N-dealkylation sites (N-methyl/N-ethyl adjacent to an activating group) is 1. The lowest BCUT2D eigenvalue weighted by Crippen LogP contribution is -3.11. The van der Waals surface area contributed by atoms with Crippen molar-refractivity contribution in [3.63, 3.8) is 0 Å². The summed E-state index contributed by atoms with van der Waals surface area (Å²) in [7, 11) is 1.74. The van der Waals surface area contributed by atoms with Crippen molar-refractivity contribution < 1.29 is 18.9 Å². The van der Waals surface area contributed by atoms with Crippen LogP contribution in [0.3, 0.4) is 0 Å². The zero-order valence-electron chi connectivity index (χ0n) is 13.1. The van der Waals surface area contributed by atoms with Gasteiger partial charge in [-0.15, -0.1) is 0 Å². The maximum Gasteiger partial charge on any atom is 0.279 e. The second-order valence-electron chi connectivity index (χ2n) is 5.42. The molecule has 3 N–H and O–H groups in total. The molecule has 0 aliphatic carbocycles. The Labute approximate surface area is 148 Å². The van der Waals surface area contributed by atoms with E-state index in [-0.39, 0.29) is 24.9 Å². The zero-order chi connectivity index (χ0) is 17.5. The zero-order valence-corrected chi connectivity index (χ0v) is 14.7. The fourth-order valence-corrected chi connectivity index (χ4v) is 2.38. The van der Waals surface area contributed by atoms with E-state index in [1.54, 1.807) is 25.2 Å². The monoisotopic (exact) mass is 394 g/mol. The van der Waals surface area contributed by atoms with Crippen LogP contribution in [0.25, 0.3) is 0 Å². The molecule has 1 atom stereocenters. The van der Waals surface area contributed by atoms with Crippen molar-refractivity contribution in [1.29, 1.82) is 0 Å². The van der Waals surface area contributed by atoms with Crippen molar-refractivity contribution in [2.24, 2.45) is 0 Å². The number of hydrogen-bond donors (Lipinski definition) is 3. The average molecular weight is 395 g/mol. The predicted molar refractivity (Wildman–Crippen MR) is 94.4 cm³/mol. The number of benzene rings is 2. The lowest BCUT2D eigenvalue weighted by atomic mass is 10.3. The summed E-state index contributed by atoms with van der Waals surface area (Å²) in [4.78, 5) is 24.6. The summed E-state index contributed by atoms with van der Waals surface area (Å²) in [6.07, 6.45) is 0. The number of carbonyl (C=O) groups is 2. The second-order valence-corrected chi connectivity index (χ2v) is 6.34. The van der Waals surface area contributed by atoms with E-state index in [1.807, 2.05) is 12.1 Å². The molecule has 1 unspecified atom stereocenters. The summed E-state index contributed by atoms with van der Waals surface area (Å²) in [5.74, 6) is -0.884. The standard InChI is InChI=1S/C17H17BrFN3O2/c1-22(10-16(23)20-14-7-5-12(18)6-8-14)11-17(24)21-15-4-2-3-13(19)9-15/h2-9H,10-11H2,1H3,(H,20,23)(H,21,24)/p+1. The van der Waals surface area contributed by atoms with Gasteiger partial charge in [-0.3, -0.25) is 9.59 Å². The van der Waals surface area contributed by atoms with Gasteiger partial charge in [0.15, 0.2) is 13.1 Å². The van der Waals surface area contributed by atoms with Crippen molar-refractivity contribution in [3.05, 3.63) is 58.8 Å². The smallest absolute Gasteiger partial charge is 0.279 e. The largest absolute Gasteiger partial charge is 0.322 e. The van der Waals surface area contributed by atoms with Crippen LogP contribution in [0.15, 0.2) is 53.0 Å². The first-order valence-corrected chi connectivity index (χ1v) is 8.14. The van der Waals surface area contributed by atoms with Gasteiger partial charge in [0.25, 0.3) is 11.8 Å². The number of carbonyl (C=O) groups excluding carboxylic acids is 2. The fourth-order valence-electron chi connectivity index (χ4n) is 2.12. The third-order valence-electron chi connectivity index (χ3n) is 3.16. The van der Waals surface area contributed by atoms with E-state index in [2.05, 4.69) is 26.6 Å². The summed E-state index contributed by atoms with van der Waals surface area (Å²) < 4.78 is 14.0. The molecule has 0 aliphatic rings. The number of quaternary nitrogens is 1. The Morgan fingerprint density at radius 2 is 1.58 bits per heavy atom. The molecule has 2 aromatic rings. The molecule has 0 spiro atoms. The topological polar surface area (TPSA) is 62.6 Å². The number of rotatable bonds is 6. The van der Waals surface area contributed by atoms with Crippen LogP contribution in [0.4, 0.5) is 15.8 Å². The van der Waals surface area contributed by atoms with Crippen molar-refractivity contribution >= 4 is 39.1 Å². The van der Waals surface area contributed by atoms with Crippen LogP contribution in [0.5, 0.6) is 0 Å². The van der Waals surface area contributed by atoms with Gasteiger partial charge in [0.2, 0.25) is 0 Å². The van der Waals surface area contributed by atoms with Crippen molar-refractivity contribution in [3.8, 4) is 0 Å². The van der Waals surface area contributed by atoms with Gasteiger partial charge < -0.3 is 15.5 Å². The highest BCUT2D eigenvalue weighted by atomic mass is 79.9. The molecule has 0 aromatic heterocycles. The van der Waals surface area contributed by atoms with Crippen LogP contribution in [0, 0.1) is 5.82 Å². The maximum atomic E-state index is 13.1.